The first kappa shape index (κ1) is 16.8. The molecule has 19 heavy (non-hydrogen) atoms. The highest BCUT2D eigenvalue weighted by Crippen LogP contribution is 2.25. The molecule has 2 aliphatic rings. The van der Waals surface area contributed by atoms with E-state index in [9.17, 15) is 4.79 Å². The zero-order valence-electron chi connectivity index (χ0n) is 12.2. The molecule has 0 aromatic rings. The Labute approximate surface area is 123 Å². The largest absolute Gasteiger partial charge is 0.340 e. The van der Waals surface area contributed by atoms with Crippen molar-refractivity contribution in [1.82, 2.24) is 10.2 Å². The fourth-order valence-corrected chi connectivity index (χ4v) is 3.48. The van der Waals surface area contributed by atoms with Gasteiger partial charge in [-0.1, -0.05) is 19.3 Å². The van der Waals surface area contributed by atoms with Gasteiger partial charge in [0.1, 0.15) is 0 Å². The molecule has 1 aliphatic heterocycles. The number of hydrogen-bond acceptors (Lipinski definition) is 2. The summed E-state index contributed by atoms with van der Waals surface area (Å²) in [6, 6.07) is 0.540. The second-order valence-corrected chi connectivity index (χ2v) is 5.87. The van der Waals surface area contributed by atoms with Gasteiger partial charge in [-0.15, -0.1) is 12.4 Å². The first-order valence-corrected chi connectivity index (χ1v) is 7.81. The van der Waals surface area contributed by atoms with Crippen molar-refractivity contribution >= 4 is 18.3 Å². The van der Waals surface area contributed by atoms with E-state index >= 15 is 0 Å². The third kappa shape index (κ3) is 4.96. The Hall–Kier alpha value is -0.280. The minimum absolute atomic E-state index is 0. The van der Waals surface area contributed by atoms with E-state index in [-0.39, 0.29) is 12.4 Å². The van der Waals surface area contributed by atoms with E-state index in [1.54, 1.807) is 0 Å². The Morgan fingerprint density at radius 2 is 1.74 bits per heavy atom. The second-order valence-electron chi connectivity index (χ2n) is 5.87. The highest BCUT2D eigenvalue weighted by Gasteiger charge is 2.26. The summed E-state index contributed by atoms with van der Waals surface area (Å²) in [5.41, 5.74) is 0. The number of piperidine rings is 1. The van der Waals surface area contributed by atoms with Gasteiger partial charge < -0.3 is 10.2 Å². The normalized spacial score (nSPS) is 21.7. The Morgan fingerprint density at radius 1 is 1.11 bits per heavy atom. The highest BCUT2D eigenvalue weighted by atomic mass is 35.5. The van der Waals surface area contributed by atoms with Crippen LogP contribution < -0.4 is 5.32 Å². The predicted molar refractivity (Wildman–Crippen MR) is 81.7 cm³/mol. The minimum atomic E-state index is 0. The second kappa shape index (κ2) is 8.80. The average molecular weight is 289 g/mol. The molecule has 1 aliphatic carbocycles. The molecule has 0 atom stereocenters. The number of carbonyl (C=O) groups is 1. The molecule has 3 nitrogen and oxygen atoms in total. The van der Waals surface area contributed by atoms with Gasteiger partial charge in [0.25, 0.3) is 0 Å². The quantitative estimate of drug-likeness (QED) is 0.862. The Bertz CT molecular complexity index is 261. The van der Waals surface area contributed by atoms with Crippen molar-refractivity contribution in [3.05, 3.63) is 0 Å². The summed E-state index contributed by atoms with van der Waals surface area (Å²) in [7, 11) is 0. The molecule has 4 heteroatoms. The lowest BCUT2D eigenvalue weighted by Gasteiger charge is -2.35. The average Bonchev–Trinajstić information content (AvgIpc) is 2.42. The standard InChI is InChI=1S/C15H28N2O.ClH/c1-2-17(14-6-4-3-5-7-14)15(18)12-13-8-10-16-11-9-13;/h13-14,16H,2-12H2,1H3;1H. The van der Waals surface area contributed by atoms with E-state index in [1.807, 2.05) is 0 Å². The molecule has 0 aromatic heterocycles. The third-order valence-corrected chi connectivity index (χ3v) is 4.60. The SMILES string of the molecule is CCN(C(=O)CC1CCNCC1)C1CCCCC1.Cl. The lowest BCUT2D eigenvalue weighted by atomic mass is 9.91. The molecule has 1 saturated heterocycles. The summed E-state index contributed by atoms with van der Waals surface area (Å²) in [4.78, 5) is 14.6. The molecular formula is C15H29ClN2O. The maximum Gasteiger partial charge on any atom is 0.223 e. The monoisotopic (exact) mass is 288 g/mol. The lowest BCUT2D eigenvalue weighted by Crippen LogP contribution is -2.42. The highest BCUT2D eigenvalue weighted by molar-refractivity contribution is 5.85. The van der Waals surface area contributed by atoms with Crippen molar-refractivity contribution < 1.29 is 4.79 Å². The van der Waals surface area contributed by atoms with Crippen LogP contribution in [0.1, 0.15) is 58.3 Å². The number of nitrogens with zero attached hydrogens (tertiary/aromatic N) is 1. The van der Waals surface area contributed by atoms with Crippen LogP contribution in [0.25, 0.3) is 0 Å². The van der Waals surface area contributed by atoms with Gasteiger partial charge in [0.15, 0.2) is 0 Å². The predicted octanol–water partition coefficient (Wildman–Crippen LogP) is 2.98. The summed E-state index contributed by atoms with van der Waals surface area (Å²) >= 11 is 0. The molecule has 1 heterocycles. The summed E-state index contributed by atoms with van der Waals surface area (Å²) in [5.74, 6) is 1.03. The maximum absolute atomic E-state index is 12.4. The lowest BCUT2D eigenvalue weighted by molar-refractivity contribution is -0.135. The van der Waals surface area contributed by atoms with E-state index in [1.165, 1.54) is 44.9 Å². The van der Waals surface area contributed by atoms with Crippen LogP contribution in [0.4, 0.5) is 0 Å². The van der Waals surface area contributed by atoms with Crippen molar-refractivity contribution in [3.8, 4) is 0 Å². The van der Waals surface area contributed by atoms with Gasteiger partial charge in [-0.2, -0.15) is 0 Å². The van der Waals surface area contributed by atoms with Gasteiger partial charge in [-0.3, -0.25) is 4.79 Å². The van der Waals surface area contributed by atoms with E-state index < -0.39 is 0 Å². The van der Waals surface area contributed by atoms with E-state index in [0.29, 0.717) is 17.9 Å². The van der Waals surface area contributed by atoms with Gasteiger partial charge in [-0.25, -0.2) is 0 Å². The molecule has 0 bridgehead atoms. The van der Waals surface area contributed by atoms with Crippen molar-refractivity contribution in [3.63, 3.8) is 0 Å². The molecule has 0 radical (unpaired) electrons. The molecule has 0 spiro atoms. The van der Waals surface area contributed by atoms with E-state index in [0.717, 1.165) is 26.1 Å². The molecule has 2 rings (SSSR count). The van der Waals surface area contributed by atoms with Crippen LogP contribution in [0, 0.1) is 5.92 Å². The maximum atomic E-state index is 12.4. The smallest absolute Gasteiger partial charge is 0.223 e. The number of carbonyl (C=O) groups excluding carboxylic acids is 1. The zero-order chi connectivity index (χ0) is 12.8. The molecule has 1 amide bonds. The fraction of sp³-hybridized carbons (Fsp3) is 0.933. The molecule has 0 aromatic carbocycles. The third-order valence-electron chi connectivity index (χ3n) is 4.60. The number of rotatable bonds is 4. The molecule has 1 N–H and O–H groups in total. The van der Waals surface area contributed by atoms with Crippen molar-refractivity contribution in [2.75, 3.05) is 19.6 Å². The van der Waals surface area contributed by atoms with Crippen LogP contribution in [0.5, 0.6) is 0 Å². The summed E-state index contributed by atoms with van der Waals surface area (Å²) in [5, 5.41) is 3.37. The van der Waals surface area contributed by atoms with Gasteiger partial charge in [-0.05, 0) is 51.6 Å². The van der Waals surface area contributed by atoms with Gasteiger partial charge in [0, 0.05) is 19.0 Å². The first-order valence-electron chi connectivity index (χ1n) is 7.81. The summed E-state index contributed by atoms with van der Waals surface area (Å²) in [6.45, 7) is 5.21. The number of hydrogen-bond donors (Lipinski definition) is 1. The van der Waals surface area contributed by atoms with Crippen LogP contribution in [-0.4, -0.2) is 36.5 Å². The van der Waals surface area contributed by atoms with Crippen molar-refractivity contribution in [1.29, 1.82) is 0 Å². The zero-order valence-corrected chi connectivity index (χ0v) is 13.0. The first-order chi connectivity index (χ1) is 8.81. The Morgan fingerprint density at radius 3 is 2.32 bits per heavy atom. The van der Waals surface area contributed by atoms with Crippen LogP contribution in [0.15, 0.2) is 0 Å². The van der Waals surface area contributed by atoms with Crippen LogP contribution in [0.2, 0.25) is 0 Å². The summed E-state index contributed by atoms with van der Waals surface area (Å²) < 4.78 is 0. The van der Waals surface area contributed by atoms with Crippen LogP contribution in [0.3, 0.4) is 0 Å². The Kier molecular flexibility index (Phi) is 7.77. The van der Waals surface area contributed by atoms with E-state index in [4.69, 9.17) is 0 Å². The van der Waals surface area contributed by atoms with Crippen molar-refractivity contribution in [2.45, 2.75) is 64.3 Å². The molecule has 0 unspecified atom stereocenters. The molecule has 2 fully saturated rings. The van der Waals surface area contributed by atoms with Gasteiger partial charge in [0.2, 0.25) is 5.91 Å². The molecular weight excluding hydrogens is 260 g/mol. The summed E-state index contributed by atoms with van der Waals surface area (Å²) in [6.07, 6.45) is 9.56. The number of halogens is 1. The molecule has 1 saturated carbocycles. The van der Waals surface area contributed by atoms with Crippen LogP contribution >= 0.6 is 12.4 Å². The van der Waals surface area contributed by atoms with Crippen molar-refractivity contribution in [2.24, 2.45) is 5.92 Å². The number of amides is 1. The topological polar surface area (TPSA) is 32.3 Å². The fourth-order valence-electron chi connectivity index (χ4n) is 3.48. The molecule has 112 valence electrons. The van der Waals surface area contributed by atoms with Gasteiger partial charge in [0.05, 0.1) is 0 Å². The van der Waals surface area contributed by atoms with Crippen LogP contribution in [-0.2, 0) is 4.79 Å². The minimum Gasteiger partial charge on any atom is -0.340 e. The Balaban J connectivity index is 0.00000180. The number of nitrogens with one attached hydrogen (secondary N) is 1. The van der Waals surface area contributed by atoms with E-state index in [2.05, 4.69) is 17.1 Å². The van der Waals surface area contributed by atoms with Gasteiger partial charge >= 0.3 is 0 Å².